The van der Waals surface area contributed by atoms with Crippen LogP contribution in [-0.2, 0) is 0 Å². The highest BCUT2D eigenvalue weighted by Crippen LogP contribution is 2.17. The Balaban J connectivity index is 3.19. The third-order valence-corrected chi connectivity index (χ3v) is 1.76. The number of halogens is 1. The van der Waals surface area contributed by atoms with Gasteiger partial charge in [-0.3, -0.25) is 0 Å². The monoisotopic (exact) mass is 260 g/mol. The maximum atomic E-state index is 8.57. The maximum absolute atomic E-state index is 8.57. The van der Waals surface area contributed by atoms with Gasteiger partial charge in [-0.25, -0.2) is 4.98 Å². The molecular weight excluding hydrogens is 255 g/mol. The molecule has 1 heterocycles. The van der Waals surface area contributed by atoms with E-state index in [1.54, 1.807) is 6.07 Å². The summed E-state index contributed by atoms with van der Waals surface area (Å²) < 4.78 is 5.77. The van der Waals surface area contributed by atoms with Crippen LogP contribution in [-0.4, -0.2) is 12.1 Å². The Morgan fingerprint density at radius 2 is 2.45 bits per heavy atom. The first-order valence-corrected chi connectivity index (χ1v) is 3.95. The second-order valence-electron chi connectivity index (χ2n) is 1.82. The average molecular weight is 260 g/mol. The molecular formula is C7H5IN2O. The molecule has 56 valence electrons. The Bertz CT molecular complexity index is 306. The molecule has 0 aromatic carbocycles. The van der Waals surface area contributed by atoms with Crippen molar-refractivity contribution < 1.29 is 4.74 Å². The summed E-state index contributed by atoms with van der Waals surface area (Å²) in [6.45, 7) is 0. The van der Waals surface area contributed by atoms with Crippen LogP contribution < -0.4 is 4.74 Å². The van der Waals surface area contributed by atoms with Gasteiger partial charge in [-0.05, 0) is 22.6 Å². The quantitative estimate of drug-likeness (QED) is 0.568. The Labute approximate surface area is 78.1 Å². The summed E-state index contributed by atoms with van der Waals surface area (Å²) in [5, 5.41) is 8.57. The van der Waals surface area contributed by atoms with E-state index in [0.29, 0.717) is 11.3 Å². The number of hydrogen-bond acceptors (Lipinski definition) is 3. The predicted molar refractivity (Wildman–Crippen MR) is 48.2 cm³/mol. The minimum Gasteiger partial charge on any atom is -0.495 e. The number of rotatable bonds is 1. The lowest BCUT2D eigenvalue weighted by Gasteiger charge is -2.00. The number of pyridine rings is 1. The molecule has 0 fully saturated rings. The fourth-order valence-electron chi connectivity index (χ4n) is 0.666. The summed E-state index contributed by atoms with van der Waals surface area (Å²) in [6.07, 6.45) is 1.50. The van der Waals surface area contributed by atoms with Gasteiger partial charge >= 0.3 is 0 Å². The topological polar surface area (TPSA) is 45.9 Å². The first kappa shape index (κ1) is 8.27. The van der Waals surface area contributed by atoms with Gasteiger partial charge in [-0.2, -0.15) is 5.26 Å². The zero-order valence-electron chi connectivity index (χ0n) is 5.84. The van der Waals surface area contributed by atoms with Crippen LogP contribution in [0.4, 0.5) is 0 Å². The van der Waals surface area contributed by atoms with Crippen molar-refractivity contribution in [2.24, 2.45) is 0 Å². The van der Waals surface area contributed by atoms with Crippen molar-refractivity contribution in [1.29, 1.82) is 5.26 Å². The fourth-order valence-corrected chi connectivity index (χ4v) is 1.09. The molecule has 0 bridgehead atoms. The lowest BCUT2D eigenvalue weighted by molar-refractivity contribution is 0.412. The van der Waals surface area contributed by atoms with E-state index in [1.165, 1.54) is 13.3 Å². The van der Waals surface area contributed by atoms with Crippen molar-refractivity contribution in [2.45, 2.75) is 0 Å². The molecule has 0 unspecified atom stereocenters. The first-order valence-electron chi connectivity index (χ1n) is 2.87. The summed E-state index contributed by atoms with van der Waals surface area (Å²) in [4.78, 5) is 3.94. The smallest absolute Gasteiger partial charge is 0.140 e. The molecule has 0 aliphatic heterocycles. The Morgan fingerprint density at radius 1 is 1.73 bits per heavy atom. The van der Waals surface area contributed by atoms with E-state index in [1.807, 2.05) is 6.07 Å². The third-order valence-electron chi connectivity index (χ3n) is 1.17. The minimum absolute atomic E-state index is 0.466. The van der Waals surface area contributed by atoms with E-state index in [9.17, 15) is 0 Å². The molecule has 0 aliphatic rings. The van der Waals surface area contributed by atoms with Gasteiger partial charge in [0, 0.05) is 12.3 Å². The molecule has 0 N–H and O–H groups in total. The third kappa shape index (κ3) is 1.80. The van der Waals surface area contributed by atoms with Crippen LogP contribution in [0.3, 0.4) is 0 Å². The van der Waals surface area contributed by atoms with Gasteiger partial charge in [0.2, 0.25) is 0 Å². The molecule has 1 aromatic heterocycles. The minimum atomic E-state index is 0.466. The van der Waals surface area contributed by atoms with Gasteiger partial charge in [0.05, 0.1) is 7.11 Å². The van der Waals surface area contributed by atoms with E-state index in [-0.39, 0.29) is 0 Å². The van der Waals surface area contributed by atoms with Gasteiger partial charge in [-0.1, -0.05) is 0 Å². The van der Waals surface area contributed by atoms with Gasteiger partial charge < -0.3 is 4.74 Å². The zero-order valence-corrected chi connectivity index (χ0v) is 7.99. The summed E-state index contributed by atoms with van der Waals surface area (Å²) in [7, 11) is 1.53. The first-order chi connectivity index (χ1) is 5.27. The van der Waals surface area contributed by atoms with Crippen molar-refractivity contribution in [3.8, 4) is 11.8 Å². The van der Waals surface area contributed by atoms with E-state index >= 15 is 0 Å². The normalized spacial score (nSPS) is 8.82. The highest BCUT2D eigenvalue weighted by Gasteiger charge is 2.01. The van der Waals surface area contributed by atoms with Crippen LogP contribution in [0, 0.1) is 15.0 Å². The molecule has 0 saturated heterocycles. The number of nitriles is 1. The summed E-state index contributed by atoms with van der Waals surface area (Å²) in [5.74, 6) is 0.576. The average Bonchev–Trinajstić information content (AvgIpc) is 2.04. The SMILES string of the molecule is COc1cc(I)ncc1C#N. The maximum Gasteiger partial charge on any atom is 0.140 e. The van der Waals surface area contributed by atoms with E-state index in [4.69, 9.17) is 10.00 Å². The number of nitrogens with zero attached hydrogens (tertiary/aromatic N) is 2. The highest BCUT2D eigenvalue weighted by molar-refractivity contribution is 14.1. The fraction of sp³-hybridized carbons (Fsp3) is 0.143. The van der Waals surface area contributed by atoms with Gasteiger partial charge in [-0.15, -0.1) is 0 Å². The highest BCUT2D eigenvalue weighted by atomic mass is 127. The van der Waals surface area contributed by atoms with Crippen molar-refractivity contribution >= 4 is 22.6 Å². The van der Waals surface area contributed by atoms with Crippen molar-refractivity contribution in [1.82, 2.24) is 4.98 Å². The second-order valence-corrected chi connectivity index (χ2v) is 2.92. The Hall–Kier alpha value is -0.830. The molecule has 0 aliphatic carbocycles. The molecule has 1 rings (SSSR count). The van der Waals surface area contributed by atoms with Gasteiger partial charge in [0.1, 0.15) is 21.1 Å². The van der Waals surface area contributed by atoms with E-state index < -0.39 is 0 Å². The van der Waals surface area contributed by atoms with Crippen LogP contribution in [0.5, 0.6) is 5.75 Å². The number of aromatic nitrogens is 1. The van der Waals surface area contributed by atoms with Crippen molar-refractivity contribution in [2.75, 3.05) is 7.11 Å². The van der Waals surface area contributed by atoms with Crippen LogP contribution in [0.1, 0.15) is 5.56 Å². The Kier molecular flexibility index (Phi) is 2.65. The van der Waals surface area contributed by atoms with E-state index in [0.717, 1.165) is 3.70 Å². The zero-order chi connectivity index (χ0) is 8.27. The standard InChI is InChI=1S/C7H5IN2O/c1-11-6-2-7(8)10-4-5(6)3-9/h2,4H,1H3. The lowest BCUT2D eigenvalue weighted by Crippen LogP contribution is -1.90. The predicted octanol–water partition coefficient (Wildman–Crippen LogP) is 1.57. The molecule has 0 atom stereocenters. The van der Waals surface area contributed by atoms with Gasteiger partial charge in [0.25, 0.3) is 0 Å². The van der Waals surface area contributed by atoms with Crippen LogP contribution in [0.25, 0.3) is 0 Å². The molecule has 0 spiro atoms. The molecule has 0 radical (unpaired) electrons. The van der Waals surface area contributed by atoms with Crippen LogP contribution in [0.15, 0.2) is 12.3 Å². The van der Waals surface area contributed by atoms with Crippen LogP contribution >= 0.6 is 22.6 Å². The molecule has 0 saturated carbocycles. The van der Waals surface area contributed by atoms with Crippen molar-refractivity contribution in [3.05, 3.63) is 21.5 Å². The summed E-state index contributed by atoms with van der Waals surface area (Å²) in [6, 6.07) is 3.70. The molecule has 1 aromatic rings. The Morgan fingerprint density at radius 3 is 3.00 bits per heavy atom. The number of ether oxygens (including phenoxy) is 1. The second kappa shape index (κ2) is 3.53. The molecule has 3 nitrogen and oxygen atoms in total. The lowest BCUT2D eigenvalue weighted by atomic mass is 10.3. The summed E-state index contributed by atoms with van der Waals surface area (Å²) in [5.41, 5.74) is 0.466. The largest absolute Gasteiger partial charge is 0.495 e. The van der Waals surface area contributed by atoms with Gasteiger partial charge in [0.15, 0.2) is 0 Å². The summed E-state index contributed by atoms with van der Waals surface area (Å²) >= 11 is 2.06. The van der Waals surface area contributed by atoms with E-state index in [2.05, 4.69) is 27.6 Å². The number of hydrogen-bond donors (Lipinski definition) is 0. The van der Waals surface area contributed by atoms with Crippen molar-refractivity contribution in [3.63, 3.8) is 0 Å². The molecule has 0 amide bonds. The number of methoxy groups -OCH3 is 1. The molecule has 4 heteroatoms. The van der Waals surface area contributed by atoms with Crippen LogP contribution in [0.2, 0.25) is 0 Å². The molecule has 11 heavy (non-hydrogen) atoms.